The first-order valence-electron chi connectivity index (χ1n) is 13.9. The van der Waals surface area contributed by atoms with Crippen LogP contribution in [0, 0.1) is 0 Å². The Hall–Kier alpha value is -1.56. The molecule has 0 bridgehead atoms. The number of ether oxygens (including phenoxy) is 1. The van der Waals surface area contributed by atoms with E-state index < -0.39 is 17.7 Å². The molecule has 6 nitrogen and oxygen atoms in total. The summed E-state index contributed by atoms with van der Waals surface area (Å²) < 4.78 is 5.45. The molecule has 0 aromatic heterocycles. The molecule has 0 aromatic carbocycles. The topological polar surface area (TPSA) is 67.9 Å². The first kappa shape index (κ1) is 28.7. The van der Waals surface area contributed by atoms with Crippen molar-refractivity contribution in [3.05, 3.63) is 12.7 Å². The number of hydrogen-bond donors (Lipinski definition) is 1. The molecule has 0 spiro atoms. The third-order valence-electron chi connectivity index (χ3n) is 6.94. The van der Waals surface area contributed by atoms with Gasteiger partial charge in [0, 0.05) is 12.1 Å². The van der Waals surface area contributed by atoms with Crippen LogP contribution in [0.5, 0.6) is 0 Å². The fraction of sp³-hybridized carbons (Fsp3) is 0.857. The largest absolute Gasteiger partial charge is 0.444 e. The zero-order valence-corrected chi connectivity index (χ0v) is 22.1. The van der Waals surface area contributed by atoms with Crippen LogP contribution in [-0.4, -0.2) is 40.9 Å². The second-order valence-electron chi connectivity index (χ2n) is 11.2. The van der Waals surface area contributed by atoms with Gasteiger partial charge in [0.25, 0.3) is 0 Å². The maximum atomic E-state index is 13.4. The van der Waals surface area contributed by atoms with E-state index in [1.807, 2.05) is 31.9 Å². The van der Waals surface area contributed by atoms with Crippen LogP contribution >= 0.6 is 0 Å². The van der Waals surface area contributed by atoms with Gasteiger partial charge in [-0.05, 0) is 65.7 Å². The molecule has 1 N–H and O–H groups in total. The number of nitrogens with one attached hydrogen (secondary N) is 1. The molecule has 6 heteroatoms. The predicted molar refractivity (Wildman–Crippen MR) is 137 cm³/mol. The van der Waals surface area contributed by atoms with Crippen LogP contribution in [0.3, 0.4) is 0 Å². The molecular formula is C28H50N2O4. The minimum atomic E-state index is -0.683. The summed E-state index contributed by atoms with van der Waals surface area (Å²) in [4.78, 5) is 32.1. The number of nitrogens with zero attached hydrogens (tertiary/aromatic N) is 1. The second kappa shape index (κ2) is 15.4. The molecule has 0 heterocycles. The molecule has 2 rings (SSSR count). The van der Waals surface area contributed by atoms with Crippen molar-refractivity contribution >= 4 is 12.1 Å². The van der Waals surface area contributed by atoms with Gasteiger partial charge in [-0.25, -0.2) is 9.59 Å². The van der Waals surface area contributed by atoms with Crippen molar-refractivity contribution in [3.63, 3.8) is 0 Å². The summed E-state index contributed by atoms with van der Waals surface area (Å²) in [5.74, 6) is -0.339. The van der Waals surface area contributed by atoms with Gasteiger partial charge in [0.1, 0.15) is 11.6 Å². The molecule has 196 valence electrons. The Morgan fingerprint density at radius 1 is 0.912 bits per heavy atom. The van der Waals surface area contributed by atoms with Gasteiger partial charge in [0.15, 0.2) is 0 Å². The molecule has 0 radical (unpaired) electrons. The lowest BCUT2D eigenvalue weighted by Gasteiger charge is -2.40. The summed E-state index contributed by atoms with van der Waals surface area (Å²) in [5, 5.41) is 4.86. The molecule has 0 aliphatic heterocycles. The van der Waals surface area contributed by atoms with Crippen LogP contribution in [0.15, 0.2) is 12.7 Å². The average Bonchev–Trinajstić information content (AvgIpc) is 2.81. The van der Waals surface area contributed by atoms with Crippen molar-refractivity contribution in [1.29, 1.82) is 0 Å². The summed E-state index contributed by atoms with van der Waals surface area (Å²) in [6, 6.07) is -0.0848. The zero-order chi connectivity index (χ0) is 24.8. The van der Waals surface area contributed by atoms with Crippen LogP contribution in [-0.2, 0) is 14.4 Å². The van der Waals surface area contributed by atoms with Crippen LogP contribution < -0.4 is 5.32 Å². The number of rotatable bonds is 13. The number of unbranched alkanes of at least 4 members (excludes halogenated alkanes) is 5. The van der Waals surface area contributed by atoms with E-state index in [0.29, 0.717) is 18.5 Å². The van der Waals surface area contributed by atoms with E-state index >= 15 is 0 Å². The summed E-state index contributed by atoms with van der Waals surface area (Å²) >= 11 is 0. The van der Waals surface area contributed by atoms with Crippen LogP contribution in [0.4, 0.5) is 4.79 Å². The van der Waals surface area contributed by atoms with E-state index in [4.69, 9.17) is 9.57 Å². The standard InChI is InChI=1S/C28H50N2O4/c1-5-6-7-8-9-10-17-22-25(29-27(32)33-28(2,3)4)26(31)34-30(23-18-13-11-14-19-23)24-20-15-12-16-21-24/h5,23-25H,1,6-22H2,2-4H3,(H,29,32)/t25-/m0/s1. The highest BCUT2D eigenvalue weighted by Crippen LogP contribution is 2.30. The van der Waals surface area contributed by atoms with E-state index in [2.05, 4.69) is 11.9 Å². The molecular weight excluding hydrogens is 428 g/mol. The summed E-state index contributed by atoms with van der Waals surface area (Å²) in [6.45, 7) is 9.26. The first-order chi connectivity index (χ1) is 16.3. The number of carbonyl (C=O) groups is 2. The molecule has 0 unspecified atom stereocenters. The Kier molecular flexibility index (Phi) is 13.0. The molecule has 1 amide bonds. The molecule has 2 aliphatic rings. The highest BCUT2D eigenvalue weighted by atomic mass is 16.7. The second-order valence-corrected chi connectivity index (χ2v) is 11.2. The average molecular weight is 479 g/mol. The van der Waals surface area contributed by atoms with E-state index in [0.717, 1.165) is 64.2 Å². The molecule has 0 saturated heterocycles. The van der Waals surface area contributed by atoms with Crippen LogP contribution in [0.2, 0.25) is 0 Å². The van der Waals surface area contributed by atoms with Gasteiger partial charge in [-0.15, -0.1) is 11.6 Å². The SMILES string of the molecule is C=CCCCCCCC[C@H](NC(=O)OC(C)(C)C)C(=O)ON(C1CCCCC1)C1CCCCC1. The summed E-state index contributed by atoms with van der Waals surface area (Å²) in [6.07, 6.45) is 20.0. The third kappa shape index (κ3) is 11.2. The van der Waals surface area contributed by atoms with Crippen molar-refractivity contribution in [2.45, 2.75) is 154 Å². The smallest absolute Gasteiger partial charge is 0.408 e. The maximum absolute atomic E-state index is 13.4. The summed E-state index contributed by atoms with van der Waals surface area (Å²) in [7, 11) is 0. The molecule has 1 atom stereocenters. The number of carbonyl (C=O) groups excluding carboxylic acids is 2. The number of hydroxylamine groups is 2. The number of hydrogen-bond acceptors (Lipinski definition) is 5. The lowest BCUT2D eigenvalue weighted by molar-refractivity contribution is -0.225. The van der Waals surface area contributed by atoms with Crippen molar-refractivity contribution in [2.75, 3.05) is 0 Å². The minimum absolute atomic E-state index is 0.299. The lowest BCUT2D eigenvalue weighted by Crippen LogP contribution is -2.51. The summed E-state index contributed by atoms with van der Waals surface area (Å²) in [5.41, 5.74) is -0.611. The van der Waals surface area contributed by atoms with Gasteiger partial charge in [0.2, 0.25) is 0 Å². The Morgan fingerprint density at radius 3 is 1.97 bits per heavy atom. The van der Waals surface area contributed by atoms with Crippen molar-refractivity contribution in [3.8, 4) is 0 Å². The van der Waals surface area contributed by atoms with Gasteiger partial charge in [0.05, 0.1) is 0 Å². The van der Waals surface area contributed by atoms with Crippen LogP contribution in [0.25, 0.3) is 0 Å². The lowest BCUT2D eigenvalue weighted by atomic mass is 9.90. The minimum Gasteiger partial charge on any atom is -0.444 e. The Bertz CT molecular complexity index is 586. The fourth-order valence-corrected chi connectivity index (χ4v) is 5.15. The Balaban J connectivity index is 2.00. The number of alkyl carbamates (subject to hydrolysis) is 1. The number of allylic oxidation sites excluding steroid dienone is 1. The van der Waals surface area contributed by atoms with Crippen LogP contribution in [0.1, 0.15) is 130 Å². The highest BCUT2D eigenvalue weighted by Gasteiger charge is 2.34. The monoisotopic (exact) mass is 478 g/mol. The Morgan fingerprint density at radius 2 is 1.44 bits per heavy atom. The van der Waals surface area contributed by atoms with E-state index in [-0.39, 0.29) is 5.97 Å². The third-order valence-corrected chi connectivity index (χ3v) is 6.94. The van der Waals surface area contributed by atoms with Crippen molar-refractivity contribution in [1.82, 2.24) is 10.4 Å². The molecule has 0 aromatic rings. The normalized spacial score (nSPS) is 18.9. The fourth-order valence-electron chi connectivity index (χ4n) is 5.15. The highest BCUT2D eigenvalue weighted by molar-refractivity contribution is 5.81. The van der Waals surface area contributed by atoms with E-state index in [9.17, 15) is 9.59 Å². The molecule has 2 fully saturated rings. The van der Waals surface area contributed by atoms with E-state index in [1.165, 1.54) is 38.5 Å². The predicted octanol–water partition coefficient (Wildman–Crippen LogP) is 7.22. The van der Waals surface area contributed by atoms with E-state index in [1.54, 1.807) is 0 Å². The van der Waals surface area contributed by atoms with Crippen molar-refractivity contribution < 1.29 is 19.2 Å². The van der Waals surface area contributed by atoms with Gasteiger partial charge in [-0.2, -0.15) is 0 Å². The van der Waals surface area contributed by atoms with Crippen molar-refractivity contribution in [2.24, 2.45) is 0 Å². The van der Waals surface area contributed by atoms with Gasteiger partial charge < -0.3 is 14.9 Å². The molecule has 2 saturated carbocycles. The molecule has 34 heavy (non-hydrogen) atoms. The van der Waals surface area contributed by atoms with Gasteiger partial charge >= 0.3 is 12.1 Å². The quantitative estimate of drug-likeness (QED) is 0.172. The van der Waals surface area contributed by atoms with Gasteiger partial charge in [-0.1, -0.05) is 70.3 Å². The molecule has 2 aliphatic carbocycles. The Labute approximate surface area is 208 Å². The first-order valence-corrected chi connectivity index (χ1v) is 13.9. The maximum Gasteiger partial charge on any atom is 0.408 e. The zero-order valence-electron chi connectivity index (χ0n) is 22.1. The van der Waals surface area contributed by atoms with Gasteiger partial charge in [-0.3, -0.25) is 0 Å². The number of amides is 1.